The predicted molar refractivity (Wildman–Crippen MR) is 86.3 cm³/mol. The second-order valence-corrected chi connectivity index (χ2v) is 9.19. The Morgan fingerprint density at radius 3 is 1.47 bits per heavy atom. The molecule has 0 nitrogen and oxygen atoms in total. The van der Waals surface area contributed by atoms with Gasteiger partial charge in [-0.05, 0) is 0 Å². The Bertz CT molecular complexity index is 375. The summed E-state index contributed by atoms with van der Waals surface area (Å²) in [5, 5.41) is 0. The first kappa shape index (κ1) is 14.1. The average molecular weight is 452 g/mol. The van der Waals surface area contributed by atoms with E-state index >= 15 is 0 Å². The van der Waals surface area contributed by atoms with Gasteiger partial charge in [-0.3, -0.25) is 0 Å². The van der Waals surface area contributed by atoms with Crippen LogP contribution in [0.4, 0.5) is 0 Å². The summed E-state index contributed by atoms with van der Waals surface area (Å²) in [4.78, 5) is 0. The maximum absolute atomic E-state index is 2.60. The van der Waals surface area contributed by atoms with Crippen molar-refractivity contribution in [2.24, 2.45) is 0 Å². The van der Waals surface area contributed by atoms with Crippen LogP contribution in [0, 0.1) is 0 Å². The molecule has 0 N–H and O–H groups in total. The Morgan fingerprint density at radius 2 is 1.05 bits per heavy atom. The molecule has 0 unspecified atom stereocenters. The SMILES string of the molecule is [BiH2][c]1cc(C2CCCCC2)cc(C2CCCCC2)c1. The molecule has 2 aliphatic rings. The molecule has 2 fully saturated rings. The van der Waals surface area contributed by atoms with Crippen LogP contribution >= 0.6 is 0 Å². The Balaban J connectivity index is 1.82. The third-order valence-electron chi connectivity index (χ3n) is 5.15. The zero-order chi connectivity index (χ0) is 13.1. The van der Waals surface area contributed by atoms with E-state index in [1.165, 1.54) is 64.2 Å². The Labute approximate surface area is 133 Å². The number of hydrogen-bond acceptors (Lipinski definition) is 0. The van der Waals surface area contributed by atoms with Crippen molar-refractivity contribution >= 4 is 28.0 Å². The summed E-state index contributed by atoms with van der Waals surface area (Å²) in [6.45, 7) is 0. The number of rotatable bonds is 2. The van der Waals surface area contributed by atoms with Crippen molar-refractivity contribution in [2.45, 2.75) is 76.0 Å². The molecular formula is C18H27Bi. The molecule has 1 aromatic carbocycles. The monoisotopic (exact) mass is 452 g/mol. The normalized spacial score (nSPS) is 22.6. The Kier molecular flexibility index (Phi) is 4.96. The van der Waals surface area contributed by atoms with Gasteiger partial charge in [0.15, 0.2) is 0 Å². The molecular weight excluding hydrogens is 425 g/mol. The average Bonchev–Trinajstić information content (AvgIpc) is 2.48. The van der Waals surface area contributed by atoms with E-state index in [4.69, 9.17) is 0 Å². The first-order valence-corrected chi connectivity index (χ1v) is 10.5. The van der Waals surface area contributed by atoms with E-state index in [1.54, 1.807) is 14.4 Å². The molecule has 0 amide bonds. The van der Waals surface area contributed by atoms with Crippen LogP contribution in [-0.2, 0) is 0 Å². The van der Waals surface area contributed by atoms with E-state index < -0.39 is 0 Å². The predicted octanol–water partition coefficient (Wildman–Crippen LogP) is 4.04. The van der Waals surface area contributed by atoms with Gasteiger partial charge in [-0.2, -0.15) is 0 Å². The van der Waals surface area contributed by atoms with Crippen LogP contribution in [0.15, 0.2) is 18.2 Å². The minimum absolute atomic E-state index is 0.884. The molecule has 19 heavy (non-hydrogen) atoms. The number of hydrogen-bond donors (Lipinski definition) is 0. The molecule has 0 aliphatic heterocycles. The fourth-order valence-corrected chi connectivity index (χ4v) is 5.54. The van der Waals surface area contributed by atoms with Crippen molar-refractivity contribution in [1.82, 2.24) is 0 Å². The molecule has 1 heteroatoms. The molecule has 2 aliphatic carbocycles. The summed E-state index contributed by atoms with van der Waals surface area (Å²) in [6.07, 6.45) is 14.5. The van der Waals surface area contributed by atoms with Crippen LogP contribution < -0.4 is 3.27 Å². The van der Waals surface area contributed by atoms with E-state index in [9.17, 15) is 0 Å². The molecule has 0 spiro atoms. The zero-order valence-corrected chi connectivity index (χ0v) is 16.5. The quantitative estimate of drug-likeness (QED) is 0.595. The van der Waals surface area contributed by atoms with Gasteiger partial charge in [0.1, 0.15) is 0 Å². The van der Waals surface area contributed by atoms with Crippen LogP contribution in [0.2, 0.25) is 0 Å². The molecule has 104 valence electrons. The van der Waals surface area contributed by atoms with E-state index in [0.29, 0.717) is 0 Å². The molecule has 0 saturated heterocycles. The van der Waals surface area contributed by atoms with Crippen molar-refractivity contribution < 1.29 is 0 Å². The fraction of sp³-hybridized carbons (Fsp3) is 0.667. The van der Waals surface area contributed by atoms with E-state index in [1.807, 2.05) is 0 Å². The van der Waals surface area contributed by atoms with Crippen molar-refractivity contribution in [3.63, 3.8) is 0 Å². The molecule has 0 radical (unpaired) electrons. The van der Waals surface area contributed by atoms with Crippen LogP contribution in [0.1, 0.15) is 87.2 Å². The molecule has 0 heterocycles. The van der Waals surface area contributed by atoms with E-state index in [-0.39, 0.29) is 0 Å². The van der Waals surface area contributed by atoms with Gasteiger partial charge in [-0.1, -0.05) is 0 Å². The van der Waals surface area contributed by atoms with Gasteiger partial charge in [0.25, 0.3) is 0 Å². The molecule has 1 aromatic rings. The summed E-state index contributed by atoms with van der Waals surface area (Å²) in [7, 11) is 0. The second kappa shape index (κ2) is 6.70. The fourth-order valence-electron chi connectivity index (χ4n) is 4.05. The Morgan fingerprint density at radius 1 is 0.632 bits per heavy atom. The molecule has 0 atom stereocenters. The van der Waals surface area contributed by atoms with Crippen molar-refractivity contribution in [3.8, 4) is 0 Å². The second-order valence-electron chi connectivity index (χ2n) is 6.60. The molecule has 0 bridgehead atoms. The van der Waals surface area contributed by atoms with Gasteiger partial charge in [0.2, 0.25) is 0 Å². The first-order chi connectivity index (χ1) is 9.33. The van der Waals surface area contributed by atoms with Crippen molar-refractivity contribution in [1.29, 1.82) is 0 Å². The third kappa shape index (κ3) is 3.60. The van der Waals surface area contributed by atoms with Crippen LogP contribution in [0.5, 0.6) is 0 Å². The van der Waals surface area contributed by atoms with Gasteiger partial charge in [-0.25, -0.2) is 0 Å². The van der Waals surface area contributed by atoms with Gasteiger partial charge < -0.3 is 0 Å². The van der Waals surface area contributed by atoms with Crippen LogP contribution in [-0.4, -0.2) is 24.7 Å². The van der Waals surface area contributed by atoms with Crippen LogP contribution in [0.25, 0.3) is 0 Å². The van der Waals surface area contributed by atoms with Gasteiger partial charge in [-0.15, -0.1) is 0 Å². The summed E-state index contributed by atoms with van der Waals surface area (Å²) in [5.41, 5.74) is 3.39. The molecule has 3 rings (SSSR count). The summed E-state index contributed by atoms with van der Waals surface area (Å²) in [6, 6.07) is 7.66. The third-order valence-corrected chi connectivity index (χ3v) is 6.45. The van der Waals surface area contributed by atoms with Crippen molar-refractivity contribution in [2.75, 3.05) is 0 Å². The molecule has 2 saturated carbocycles. The zero-order valence-electron chi connectivity index (χ0n) is 12.0. The van der Waals surface area contributed by atoms with Gasteiger partial charge >= 0.3 is 133 Å². The maximum atomic E-state index is 2.60. The van der Waals surface area contributed by atoms with Gasteiger partial charge in [0.05, 0.1) is 0 Å². The summed E-state index contributed by atoms with van der Waals surface area (Å²) >= 11 is 0.996. The van der Waals surface area contributed by atoms with E-state index in [0.717, 1.165) is 36.6 Å². The van der Waals surface area contributed by atoms with Gasteiger partial charge in [0, 0.05) is 0 Å². The summed E-state index contributed by atoms with van der Waals surface area (Å²) in [5.74, 6) is 1.77. The number of benzene rings is 1. The molecule has 0 aromatic heterocycles. The topological polar surface area (TPSA) is 0 Å². The Hall–Kier alpha value is 0.103. The van der Waals surface area contributed by atoms with Crippen LogP contribution in [0.3, 0.4) is 0 Å². The summed E-state index contributed by atoms with van der Waals surface area (Å²) < 4.78 is 1.66. The first-order valence-electron chi connectivity index (χ1n) is 8.23. The van der Waals surface area contributed by atoms with Crippen molar-refractivity contribution in [3.05, 3.63) is 29.3 Å². The standard InChI is InChI=1S/C18H25.Bi.2H/c1-3-8-15(9-4-1)17-12-7-13-18(14-17)16-10-5-2-6-11-16;;;/h12-16H,1-6,8-11H2;;;. The van der Waals surface area contributed by atoms with E-state index in [2.05, 4.69) is 18.2 Å². The minimum atomic E-state index is 0.884.